The molecule has 0 bridgehead atoms. The molecule has 0 fully saturated rings. The number of nitrogens with zero attached hydrogens (tertiary/aromatic N) is 2. The number of benzene rings is 4. The first-order chi connectivity index (χ1) is 21.5. The Hall–Kier alpha value is -3.95. The number of anilines is 1. The van der Waals surface area contributed by atoms with Gasteiger partial charge < -0.3 is 10.2 Å². The number of amides is 2. The van der Waals surface area contributed by atoms with Crippen LogP contribution in [0.1, 0.15) is 42.5 Å². The number of rotatable bonds is 13. The minimum atomic E-state index is -4.14. The molecule has 0 aromatic heterocycles. The lowest BCUT2D eigenvalue weighted by atomic mass is 10.0. The SMILES string of the molecule is CC[C@H](C)NC(=O)[C@H](Cc1ccccc1)N(Cc1ccc(Br)cc1)C(=O)CN(c1cc(C)cc(C)c1)S(=O)(=O)c1ccccc1. The van der Waals surface area contributed by atoms with Gasteiger partial charge in [-0.05, 0) is 85.8 Å². The normalized spacial score (nSPS) is 12.6. The molecule has 7 nitrogen and oxygen atoms in total. The molecule has 0 unspecified atom stereocenters. The zero-order chi connectivity index (χ0) is 32.6. The van der Waals surface area contributed by atoms with E-state index in [-0.39, 0.29) is 29.8 Å². The van der Waals surface area contributed by atoms with Crippen molar-refractivity contribution in [3.63, 3.8) is 0 Å². The highest BCUT2D eigenvalue weighted by Crippen LogP contribution is 2.27. The Morgan fingerprint density at radius 2 is 1.40 bits per heavy atom. The van der Waals surface area contributed by atoms with Crippen LogP contribution in [0.15, 0.2) is 112 Å². The van der Waals surface area contributed by atoms with Gasteiger partial charge in [-0.1, -0.05) is 89.6 Å². The summed E-state index contributed by atoms with van der Waals surface area (Å²) in [5.41, 5.74) is 3.82. The maximum absolute atomic E-state index is 14.6. The molecule has 0 aliphatic carbocycles. The first-order valence-corrected chi connectivity index (χ1v) is 17.3. The van der Waals surface area contributed by atoms with E-state index < -0.39 is 28.5 Å². The second-order valence-electron chi connectivity index (χ2n) is 11.3. The number of aryl methyl sites for hydroxylation is 2. The predicted molar refractivity (Wildman–Crippen MR) is 183 cm³/mol. The van der Waals surface area contributed by atoms with Gasteiger partial charge in [-0.2, -0.15) is 0 Å². The minimum Gasteiger partial charge on any atom is -0.352 e. The van der Waals surface area contributed by atoms with Gasteiger partial charge >= 0.3 is 0 Å². The average Bonchev–Trinajstić information content (AvgIpc) is 3.02. The highest BCUT2D eigenvalue weighted by molar-refractivity contribution is 9.10. The van der Waals surface area contributed by atoms with E-state index in [0.29, 0.717) is 5.69 Å². The molecule has 4 aromatic carbocycles. The van der Waals surface area contributed by atoms with Gasteiger partial charge in [-0.25, -0.2) is 8.42 Å². The van der Waals surface area contributed by atoms with E-state index >= 15 is 0 Å². The summed E-state index contributed by atoms with van der Waals surface area (Å²) in [6, 6.07) is 29.7. The van der Waals surface area contributed by atoms with Gasteiger partial charge in [0.15, 0.2) is 0 Å². The molecule has 2 atom stereocenters. The Morgan fingerprint density at radius 3 is 1.98 bits per heavy atom. The van der Waals surface area contributed by atoms with E-state index in [0.717, 1.165) is 37.5 Å². The zero-order valence-corrected chi connectivity index (χ0v) is 28.5. The van der Waals surface area contributed by atoms with Crippen LogP contribution in [0.4, 0.5) is 5.69 Å². The Bertz CT molecular complexity index is 1680. The lowest BCUT2D eigenvalue weighted by Crippen LogP contribution is -2.54. The minimum absolute atomic E-state index is 0.0757. The van der Waals surface area contributed by atoms with Gasteiger partial charge in [-0.3, -0.25) is 13.9 Å². The number of carbonyl (C=O) groups excluding carboxylic acids is 2. The molecule has 1 N–H and O–H groups in total. The van der Waals surface area contributed by atoms with Crippen molar-refractivity contribution in [3.05, 3.63) is 130 Å². The second-order valence-corrected chi connectivity index (χ2v) is 14.1. The van der Waals surface area contributed by atoms with Crippen LogP contribution in [0.3, 0.4) is 0 Å². The van der Waals surface area contributed by atoms with Crippen LogP contribution < -0.4 is 9.62 Å². The van der Waals surface area contributed by atoms with Crippen molar-refractivity contribution in [3.8, 4) is 0 Å². The molecule has 9 heteroatoms. The maximum atomic E-state index is 14.6. The average molecular weight is 691 g/mol. The van der Waals surface area contributed by atoms with Crippen molar-refractivity contribution < 1.29 is 18.0 Å². The molecule has 236 valence electrons. The summed E-state index contributed by atoms with van der Waals surface area (Å²) in [6.07, 6.45) is 0.987. The Kier molecular flexibility index (Phi) is 11.6. The zero-order valence-electron chi connectivity index (χ0n) is 26.1. The largest absolute Gasteiger partial charge is 0.352 e. The van der Waals surface area contributed by atoms with Crippen LogP contribution >= 0.6 is 15.9 Å². The monoisotopic (exact) mass is 689 g/mol. The van der Waals surface area contributed by atoms with Crippen LogP contribution in [0.25, 0.3) is 0 Å². The molecular weight excluding hydrogens is 650 g/mol. The molecule has 0 aliphatic rings. The summed E-state index contributed by atoms with van der Waals surface area (Å²) in [7, 11) is -4.14. The summed E-state index contributed by atoms with van der Waals surface area (Å²) in [6.45, 7) is 7.31. The van der Waals surface area contributed by atoms with Crippen molar-refractivity contribution in [2.75, 3.05) is 10.8 Å². The van der Waals surface area contributed by atoms with Crippen molar-refractivity contribution >= 4 is 43.5 Å². The fourth-order valence-corrected chi connectivity index (χ4v) is 6.81. The maximum Gasteiger partial charge on any atom is 0.264 e. The summed E-state index contributed by atoms with van der Waals surface area (Å²) in [5.74, 6) is -0.778. The van der Waals surface area contributed by atoms with E-state index in [9.17, 15) is 18.0 Å². The lowest BCUT2D eigenvalue weighted by molar-refractivity contribution is -0.140. The number of nitrogens with one attached hydrogen (secondary N) is 1. The number of halogens is 1. The van der Waals surface area contributed by atoms with Crippen LogP contribution in [0.5, 0.6) is 0 Å². The van der Waals surface area contributed by atoms with E-state index in [4.69, 9.17) is 0 Å². The highest BCUT2D eigenvalue weighted by atomic mass is 79.9. The molecule has 0 saturated carbocycles. The quantitative estimate of drug-likeness (QED) is 0.167. The van der Waals surface area contributed by atoms with Gasteiger partial charge in [0, 0.05) is 23.5 Å². The van der Waals surface area contributed by atoms with E-state index in [1.54, 1.807) is 30.3 Å². The van der Waals surface area contributed by atoms with E-state index in [2.05, 4.69) is 21.2 Å². The summed E-state index contributed by atoms with van der Waals surface area (Å²) in [5, 5.41) is 3.06. The van der Waals surface area contributed by atoms with Gasteiger partial charge in [0.25, 0.3) is 10.0 Å². The standard InChI is InChI=1S/C36H40BrN3O4S/c1-5-28(4)38-36(42)34(23-29-12-8-6-9-13-29)39(24-30-16-18-31(37)19-17-30)35(41)25-40(32-21-26(2)20-27(3)22-32)45(43,44)33-14-10-7-11-15-33/h6-22,28,34H,5,23-25H2,1-4H3,(H,38,42)/t28-,34-/m0/s1. The molecule has 0 aliphatic heterocycles. The van der Waals surface area contributed by atoms with Gasteiger partial charge in [-0.15, -0.1) is 0 Å². The van der Waals surface area contributed by atoms with Crippen molar-refractivity contribution in [1.82, 2.24) is 10.2 Å². The smallest absolute Gasteiger partial charge is 0.264 e. The third kappa shape index (κ3) is 9.05. The Labute approximate surface area is 275 Å². The lowest BCUT2D eigenvalue weighted by Gasteiger charge is -2.34. The van der Waals surface area contributed by atoms with E-state index in [1.165, 1.54) is 17.0 Å². The summed E-state index contributed by atoms with van der Waals surface area (Å²) >= 11 is 3.47. The number of hydrogen-bond acceptors (Lipinski definition) is 4. The fraction of sp³-hybridized carbons (Fsp3) is 0.278. The third-order valence-electron chi connectivity index (χ3n) is 7.64. The topological polar surface area (TPSA) is 86.8 Å². The number of carbonyl (C=O) groups is 2. The molecule has 0 heterocycles. The molecule has 4 rings (SSSR count). The van der Waals surface area contributed by atoms with E-state index in [1.807, 2.05) is 88.4 Å². The second kappa shape index (κ2) is 15.4. The molecule has 45 heavy (non-hydrogen) atoms. The number of hydrogen-bond donors (Lipinski definition) is 1. The molecule has 0 spiro atoms. The molecule has 0 saturated heterocycles. The van der Waals surface area contributed by atoms with Crippen molar-refractivity contribution in [2.24, 2.45) is 0 Å². The molecule has 4 aromatic rings. The first kappa shape index (κ1) is 33.9. The third-order valence-corrected chi connectivity index (χ3v) is 9.96. The van der Waals surface area contributed by atoms with Crippen LogP contribution in [-0.4, -0.2) is 43.8 Å². The van der Waals surface area contributed by atoms with Gasteiger partial charge in [0.2, 0.25) is 11.8 Å². The summed E-state index contributed by atoms with van der Waals surface area (Å²) < 4.78 is 30.4. The Balaban J connectivity index is 1.82. The van der Waals surface area contributed by atoms with Crippen molar-refractivity contribution in [1.29, 1.82) is 0 Å². The van der Waals surface area contributed by atoms with Crippen LogP contribution in [0, 0.1) is 13.8 Å². The molecule has 0 radical (unpaired) electrons. The van der Waals surface area contributed by atoms with Crippen LogP contribution in [-0.2, 0) is 32.6 Å². The van der Waals surface area contributed by atoms with Crippen LogP contribution in [0.2, 0.25) is 0 Å². The summed E-state index contributed by atoms with van der Waals surface area (Å²) in [4.78, 5) is 30.1. The first-order valence-electron chi connectivity index (χ1n) is 15.0. The molecule has 2 amide bonds. The Morgan fingerprint density at radius 1 is 0.822 bits per heavy atom. The van der Waals surface area contributed by atoms with Crippen molar-refractivity contribution in [2.45, 2.75) is 64.1 Å². The van der Waals surface area contributed by atoms with Gasteiger partial charge in [0.05, 0.1) is 10.6 Å². The fourth-order valence-electron chi connectivity index (χ4n) is 5.12. The van der Waals surface area contributed by atoms with Gasteiger partial charge in [0.1, 0.15) is 12.6 Å². The predicted octanol–water partition coefficient (Wildman–Crippen LogP) is 6.82. The molecular formula is C36H40BrN3O4S. The highest BCUT2D eigenvalue weighted by Gasteiger charge is 2.35. The number of sulfonamides is 1.